The quantitative estimate of drug-likeness (QED) is 0.658. The lowest BCUT2D eigenvalue weighted by Crippen LogP contribution is -2.35. The van der Waals surface area contributed by atoms with E-state index in [1.54, 1.807) is 0 Å². The second kappa shape index (κ2) is 2.69. The van der Waals surface area contributed by atoms with Crippen LogP contribution in [-0.4, -0.2) is 16.7 Å². The van der Waals surface area contributed by atoms with Crippen molar-refractivity contribution in [2.75, 3.05) is 0 Å². The van der Waals surface area contributed by atoms with Crippen molar-refractivity contribution in [1.82, 2.24) is 0 Å². The Kier molecular flexibility index (Phi) is 2.00. The summed E-state index contributed by atoms with van der Waals surface area (Å²) in [4.78, 5) is 10.4. The summed E-state index contributed by atoms with van der Waals surface area (Å²) in [6.45, 7) is 1.04. The first kappa shape index (κ1) is 8.90. The van der Waals surface area contributed by atoms with Gasteiger partial charge in [0, 0.05) is 0 Å². The molecule has 0 aromatic rings. The number of hydrogen-bond acceptors (Lipinski definition) is 1. The number of alkyl halides is 1. The standard InChI is InChI=1S/C8H8F2O2/c1-8(10)4-2-3-5(9)6(8)7(11)12/h2-4,6H,1H3,(H,11,12). The van der Waals surface area contributed by atoms with Crippen LogP contribution in [0.5, 0.6) is 0 Å². The first-order valence-electron chi connectivity index (χ1n) is 3.42. The number of hydrogen-bond donors (Lipinski definition) is 1. The van der Waals surface area contributed by atoms with Gasteiger partial charge in [-0.15, -0.1) is 0 Å². The van der Waals surface area contributed by atoms with E-state index >= 15 is 0 Å². The maximum absolute atomic E-state index is 13.3. The zero-order valence-corrected chi connectivity index (χ0v) is 6.42. The smallest absolute Gasteiger partial charge is 0.317 e. The Balaban J connectivity index is 3.03. The van der Waals surface area contributed by atoms with E-state index < -0.39 is 23.4 Å². The van der Waals surface area contributed by atoms with Gasteiger partial charge in [0.15, 0.2) is 0 Å². The summed E-state index contributed by atoms with van der Waals surface area (Å²) in [7, 11) is 0. The molecular weight excluding hydrogens is 166 g/mol. The molecule has 4 heteroatoms. The highest BCUT2D eigenvalue weighted by Crippen LogP contribution is 2.33. The van der Waals surface area contributed by atoms with E-state index in [4.69, 9.17) is 5.11 Å². The van der Waals surface area contributed by atoms with Crippen molar-refractivity contribution in [1.29, 1.82) is 0 Å². The molecule has 0 amide bonds. The van der Waals surface area contributed by atoms with Gasteiger partial charge in [0.05, 0.1) is 0 Å². The third kappa shape index (κ3) is 1.37. The van der Waals surface area contributed by atoms with Crippen molar-refractivity contribution in [2.45, 2.75) is 12.6 Å². The summed E-state index contributed by atoms with van der Waals surface area (Å²) in [5, 5.41) is 8.49. The molecule has 0 radical (unpaired) electrons. The average Bonchev–Trinajstić information content (AvgIpc) is 1.82. The van der Waals surface area contributed by atoms with Crippen LogP contribution < -0.4 is 0 Å². The van der Waals surface area contributed by atoms with Gasteiger partial charge in [-0.25, -0.2) is 8.78 Å². The van der Waals surface area contributed by atoms with Crippen LogP contribution in [-0.2, 0) is 4.79 Å². The van der Waals surface area contributed by atoms with Gasteiger partial charge in [0.1, 0.15) is 17.4 Å². The molecule has 0 spiro atoms. The maximum Gasteiger partial charge on any atom is 0.317 e. The predicted molar refractivity (Wildman–Crippen MR) is 39.0 cm³/mol. The van der Waals surface area contributed by atoms with Gasteiger partial charge < -0.3 is 5.11 Å². The number of carboxylic acid groups (broad SMARTS) is 1. The molecule has 0 saturated heterocycles. The van der Waals surface area contributed by atoms with Crippen LogP contribution >= 0.6 is 0 Å². The normalized spacial score (nSPS) is 34.6. The van der Waals surface area contributed by atoms with Crippen LogP contribution in [0.25, 0.3) is 0 Å². The molecule has 0 heterocycles. The minimum atomic E-state index is -2.13. The fourth-order valence-electron chi connectivity index (χ4n) is 1.15. The lowest BCUT2D eigenvalue weighted by atomic mass is 9.86. The number of aliphatic carboxylic acids is 1. The van der Waals surface area contributed by atoms with Crippen molar-refractivity contribution < 1.29 is 18.7 Å². The molecule has 66 valence electrons. The minimum absolute atomic E-state index is 0.949. The van der Waals surface area contributed by atoms with Gasteiger partial charge in [-0.3, -0.25) is 4.79 Å². The van der Waals surface area contributed by atoms with Crippen molar-refractivity contribution in [3.8, 4) is 0 Å². The summed E-state index contributed by atoms with van der Waals surface area (Å²) >= 11 is 0. The van der Waals surface area contributed by atoms with Crippen LogP contribution in [0.3, 0.4) is 0 Å². The second-order valence-electron chi connectivity index (χ2n) is 2.83. The number of carbonyl (C=O) groups is 1. The Morgan fingerprint density at radius 2 is 2.33 bits per heavy atom. The topological polar surface area (TPSA) is 37.3 Å². The van der Waals surface area contributed by atoms with Crippen molar-refractivity contribution in [3.63, 3.8) is 0 Å². The van der Waals surface area contributed by atoms with Gasteiger partial charge in [0.25, 0.3) is 0 Å². The molecule has 2 unspecified atom stereocenters. The van der Waals surface area contributed by atoms with E-state index in [1.807, 2.05) is 0 Å². The number of rotatable bonds is 1. The zero-order valence-electron chi connectivity index (χ0n) is 6.42. The molecule has 1 aliphatic rings. The highest BCUT2D eigenvalue weighted by molar-refractivity contribution is 5.75. The predicted octanol–water partition coefficient (Wildman–Crippen LogP) is 1.84. The molecule has 0 bridgehead atoms. The lowest BCUT2D eigenvalue weighted by Gasteiger charge is -2.24. The Morgan fingerprint density at radius 1 is 1.75 bits per heavy atom. The first-order valence-corrected chi connectivity index (χ1v) is 3.42. The molecule has 0 saturated carbocycles. The molecule has 1 rings (SSSR count). The maximum atomic E-state index is 13.3. The van der Waals surface area contributed by atoms with E-state index in [1.165, 1.54) is 6.08 Å². The van der Waals surface area contributed by atoms with Crippen molar-refractivity contribution >= 4 is 5.97 Å². The van der Waals surface area contributed by atoms with Gasteiger partial charge in [0.2, 0.25) is 0 Å². The summed E-state index contributed by atoms with van der Waals surface area (Å²) in [6, 6.07) is 0. The van der Waals surface area contributed by atoms with E-state index in [0.29, 0.717) is 0 Å². The highest BCUT2D eigenvalue weighted by atomic mass is 19.1. The highest BCUT2D eigenvalue weighted by Gasteiger charge is 2.42. The summed E-state index contributed by atoms with van der Waals surface area (Å²) in [5.41, 5.74) is -2.13. The third-order valence-corrected chi connectivity index (χ3v) is 1.76. The minimum Gasteiger partial charge on any atom is -0.481 e. The Bertz CT molecular complexity index is 266. The first-order chi connectivity index (χ1) is 5.45. The SMILES string of the molecule is CC1(F)C=CC=C(F)C1C(=O)O. The molecular formula is C8H8F2O2. The van der Waals surface area contributed by atoms with E-state index in [0.717, 1.165) is 19.1 Å². The molecule has 1 aliphatic carbocycles. The van der Waals surface area contributed by atoms with Gasteiger partial charge >= 0.3 is 5.97 Å². The molecule has 12 heavy (non-hydrogen) atoms. The zero-order chi connectivity index (χ0) is 9.35. The van der Waals surface area contributed by atoms with E-state index in [9.17, 15) is 13.6 Å². The van der Waals surface area contributed by atoms with Gasteiger partial charge in [-0.05, 0) is 19.1 Å². The van der Waals surface area contributed by atoms with Crippen LogP contribution in [0.2, 0.25) is 0 Å². The number of halogens is 2. The number of carboxylic acids is 1. The Morgan fingerprint density at radius 3 is 2.67 bits per heavy atom. The molecule has 1 N–H and O–H groups in total. The summed E-state index contributed by atoms with van der Waals surface area (Å²) in [5.74, 6) is -4.14. The monoisotopic (exact) mass is 174 g/mol. The molecule has 0 aromatic heterocycles. The lowest BCUT2D eigenvalue weighted by molar-refractivity contribution is -0.144. The Hall–Kier alpha value is -1.19. The van der Waals surface area contributed by atoms with Crippen LogP contribution in [0.15, 0.2) is 24.1 Å². The molecule has 2 atom stereocenters. The fourth-order valence-corrected chi connectivity index (χ4v) is 1.15. The second-order valence-corrected chi connectivity index (χ2v) is 2.83. The van der Waals surface area contributed by atoms with E-state index in [2.05, 4.69) is 0 Å². The van der Waals surface area contributed by atoms with Gasteiger partial charge in [-0.1, -0.05) is 6.08 Å². The summed E-state index contributed by atoms with van der Waals surface area (Å²) in [6.07, 6.45) is 3.17. The molecule has 0 aromatic carbocycles. The van der Waals surface area contributed by atoms with Crippen molar-refractivity contribution in [2.24, 2.45) is 5.92 Å². The molecule has 0 aliphatic heterocycles. The average molecular weight is 174 g/mol. The Labute approximate surface area is 68.2 Å². The van der Waals surface area contributed by atoms with Gasteiger partial charge in [-0.2, -0.15) is 0 Å². The molecule has 2 nitrogen and oxygen atoms in total. The summed E-state index contributed by atoms with van der Waals surface area (Å²) < 4.78 is 26.1. The van der Waals surface area contributed by atoms with E-state index in [-0.39, 0.29) is 0 Å². The fraction of sp³-hybridized carbons (Fsp3) is 0.375. The van der Waals surface area contributed by atoms with Crippen LogP contribution in [0.4, 0.5) is 8.78 Å². The third-order valence-electron chi connectivity index (χ3n) is 1.76. The van der Waals surface area contributed by atoms with Crippen molar-refractivity contribution in [3.05, 3.63) is 24.1 Å². The molecule has 0 fully saturated rings. The van der Waals surface area contributed by atoms with Crippen LogP contribution in [0.1, 0.15) is 6.92 Å². The van der Waals surface area contributed by atoms with Crippen LogP contribution in [0, 0.1) is 5.92 Å². The number of allylic oxidation sites excluding steroid dienone is 3. The largest absolute Gasteiger partial charge is 0.481 e.